The Morgan fingerprint density at radius 1 is 1.19 bits per heavy atom. The molecule has 2 rings (SSSR count). The van der Waals surface area contributed by atoms with Gasteiger partial charge in [0.2, 0.25) is 10.0 Å². The Morgan fingerprint density at radius 2 is 1.67 bits per heavy atom. The van der Waals surface area contributed by atoms with E-state index in [1.165, 1.54) is 4.31 Å². The molecule has 1 N–H and O–H groups in total. The van der Waals surface area contributed by atoms with Crippen molar-refractivity contribution in [2.45, 2.75) is 37.9 Å². The lowest BCUT2D eigenvalue weighted by Crippen LogP contribution is -2.49. The third-order valence-electron chi connectivity index (χ3n) is 4.63. The van der Waals surface area contributed by atoms with Gasteiger partial charge in [-0.15, -0.1) is 0 Å². The minimum atomic E-state index is -3.54. The molecule has 0 aromatic heterocycles. The van der Waals surface area contributed by atoms with E-state index in [0.717, 1.165) is 0 Å². The monoisotopic (exact) mass is 339 g/mol. The molecule has 9 heteroatoms. The first-order chi connectivity index (χ1) is 9.57. The third kappa shape index (κ3) is 3.40. The molecule has 2 saturated heterocycles. The Balaban J connectivity index is 2.04. The highest BCUT2D eigenvalue weighted by Crippen LogP contribution is 2.34. The Labute approximate surface area is 125 Å². The zero-order valence-electron chi connectivity index (χ0n) is 12.0. The molecule has 0 radical (unpaired) electrons. The standard InChI is InChI=1S/C12H21NO6S2/c1-12(11(14)15)4-6-13(7-5-12)21(18,19)10-2-8-20(16,17)9-3-10/h10H,2-9H2,1H3,(H,14,15). The highest BCUT2D eigenvalue weighted by atomic mass is 32.2. The lowest BCUT2D eigenvalue weighted by Gasteiger charge is -2.37. The minimum absolute atomic E-state index is 0.0857. The van der Waals surface area contributed by atoms with Crippen molar-refractivity contribution in [3.63, 3.8) is 0 Å². The van der Waals surface area contributed by atoms with Gasteiger partial charge in [0.05, 0.1) is 22.2 Å². The Kier molecular flexibility index (Phi) is 4.38. The molecule has 2 heterocycles. The van der Waals surface area contributed by atoms with Crippen LogP contribution in [0.2, 0.25) is 0 Å². The first-order valence-electron chi connectivity index (χ1n) is 7.00. The number of hydrogen-bond acceptors (Lipinski definition) is 5. The van der Waals surface area contributed by atoms with E-state index in [-0.39, 0.29) is 50.3 Å². The summed E-state index contributed by atoms with van der Waals surface area (Å²) in [5.74, 6) is -1.07. The maximum absolute atomic E-state index is 12.5. The zero-order valence-corrected chi connectivity index (χ0v) is 13.6. The Bertz CT molecular complexity index is 602. The molecular weight excluding hydrogens is 318 g/mol. The van der Waals surface area contributed by atoms with Crippen molar-refractivity contribution in [3.05, 3.63) is 0 Å². The van der Waals surface area contributed by atoms with Gasteiger partial charge in [-0.1, -0.05) is 0 Å². The molecule has 0 aromatic rings. The van der Waals surface area contributed by atoms with Crippen molar-refractivity contribution in [1.82, 2.24) is 4.31 Å². The second-order valence-electron chi connectivity index (χ2n) is 6.16. The number of nitrogens with zero attached hydrogens (tertiary/aromatic N) is 1. The topological polar surface area (TPSA) is 109 Å². The molecule has 0 saturated carbocycles. The normalized spacial score (nSPS) is 27.3. The average molecular weight is 339 g/mol. The predicted octanol–water partition coefficient (Wildman–Crippen LogP) is 0.0801. The first-order valence-corrected chi connectivity index (χ1v) is 10.3. The van der Waals surface area contributed by atoms with Crippen LogP contribution in [0.3, 0.4) is 0 Å². The molecule has 0 aliphatic carbocycles. The molecule has 0 unspecified atom stereocenters. The Hall–Kier alpha value is -0.670. The van der Waals surface area contributed by atoms with Crippen LogP contribution in [-0.2, 0) is 24.7 Å². The van der Waals surface area contributed by atoms with Crippen LogP contribution in [0.1, 0.15) is 32.6 Å². The fraction of sp³-hybridized carbons (Fsp3) is 0.917. The molecule has 0 aromatic carbocycles. The summed E-state index contributed by atoms with van der Waals surface area (Å²) in [6.07, 6.45) is 0.841. The van der Waals surface area contributed by atoms with Crippen LogP contribution < -0.4 is 0 Å². The minimum Gasteiger partial charge on any atom is -0.481 e. The number of rotatable bonds is 3. The SMILES string of the molecule is CC1(C(=O)O)CCN(S(=O)(=O)C2CCS(=O)(=O)CC2)CC1. The lowest BCUT2D eigenvalue weighted by molar-refractivity contribution is -0.150. The van der Waals surface area contributed by atoms with E-state index in [1.54, 1.807) is 6.92 Å². The van der Waals surface area contributed by atoms with Crippen LogP contribution in [0.4, 0.5) is 0 Å². The van der Waals surface area contributed by atoms with Crippen LogP contribution in [0, 0.1) is 5.41 Å². The van der Waals surface area contributed by atoms with Gasteiger partial charge in [0.25, 0.3) is 0 Å². The highest BCUT2D eigenvalue weighted by molar-refractivity contribution is 7.92. The van der Waals surface area contributed by atoms with E-state index in [4.69, 9.17) is 5.11 Å². The van der Waals surface area contributed by atoms with Gasteiger partial charge < -0.3 is 5.11 Å². The first kappa shape index (κ1) is 16.7. The van der Waals surface area contributed by atoms with Crippen LogP contribution >= 0.6 is 0 Å². The molecule has 21 heavy (non-hydrogen) atoms. The summed E-state index contributed by atoms with van der Waals surface area (Å²) in [7, 11) is -6.63. The molecule has 122 valence electrons. The van der Waals surface area contributed by atoms with Crippen molar-refractivity contribution in [1.29, 1.82) is 0 Å². The van der Waals surface area contributed by atoms with E-state index in [9.17, 15) is 21.6 Å². The van der Waals surface area contributed by atoms with E-state index >= 15 is 0 Å². The van der Waals surface area contributed by atoms with Gasteiger partial charge >= 0.3 is 5.97 Å². The van der Waals surface area contributed by atoms with Crippen molar-refractivity contribution in [2.75, 3.05) is 24.6 Å². The summed E-state index contributed by atoms with van der Waals surface area (Å²) in [6.45, 7) is 2.01. The molecule has 2 aliphatic rings. The summed E-state index contributed by atoms with van der Waals surface area (Å²) < 4.78 is 49.1. The van der Waals surface area contributed by atoms with Gasteiger partial charge in [-0.3, -0.25) is 4.79 Å². The number of carboxylic acids is 1. The number of hydrogen-bond donors (Lipinski definition) is 1. The summed E-state index contributed by atoms with van der Waals surface area (Å²) >= 11 is 0. The van der Waals surface area contributed by atoms with Crippen LogP contribution in [0.5, 0.6) is 0 Å². The molecule has 0 bridgehead atoms. The molecular formula is C12H21NO6S2. The van der Waals surface area contributed by atoms with Crippen LogP contribution in [0.25, 0.3) is 0 Å². The number of piperidine rings is 1. The van der Waals surface area contributed by atoms with E-state index in [0.29, 0.717) is 0 Å². The van der Waals surface area contributed by atoms with Gasteiger partial charge in [0.15, 0.2) is 0 Å². The number of carboxylic acid groups (broad SMARTS) is 1. The molecule has 2 aliphatic heterocycles. The number of carbonyl (C=O) groups is 1. The number of sulfonamides is 1. The van der Waals surface area contributed by atoms with Gasteiger partial charge in [0, 0.05) is 13.1 Å². The van der Waals surface area contributed by atoms with Gasteiger partial charge in [-0.05, 0) is 32.6 Å². The third-order valence-corrected chi connectivity index (χ3v) is 8.74. The maximum atomic E-state index is 12.5. The van der Waals surface area contributed by atoms with Crippen molar-refractivity contribution < 1.29 is 26.7 Å². The second-order valence-corrected chi connectivity index (χ2v) is 10.7. The van der Waals surface area contributed by atoms with E-state index < -0.39 is 36.5 Å². The zero-order chi connectivity index (χ0) is 15.9. The maximum Gasteiger partial charge on any atom is 0.309 e. The summed E-state index contributed by atoms with van der Waals surface area (Å²) in [4.78, 5) is 11.2. The van der Waals surface area contributed by atoms with Crippen molar-refractivity contribution in [2.24, 2.45) is 5.41 Å². The lowest BCUT2D eigenvalue weighted by atomic mass is 9.81. The van der Waals surface area contributed by atoms with Crippen LogP contribution in [0.15, 0.2) is 0 Å². The highest BCUT2D eigenvalue weighted by Gasteiger charge is 2.43. The fourth-order valence-electron chi connectivity index (χ4n) is 2.83. The van der Waals surface area contributed by atoms with E-state index in [2.05, 4.69) is 0 Å². The summed E-state index contributed by atoms with van der Waals surface area (Å²) in [5.41, 5.74) is -0.873. The fourth-order valence-corrected chi connectivity index (χ4v) is 6.56. The summed E-state index contributed by atoms with van der Waals surface area (Å²) in [5, 5.41) is 8.50. The Morgan fingerprint density at radius 3 is 2.10 bits per heavy atom. The van der Waals surface area contributed by atoms with Crippen molar-refractivity contribution >= 4 is 25.8 Å². The quantitative estimate of drug-likeness (QED) is 0.780. The number of sulfone groups is 1. The van der Waals surface area contributed by atoms with Gasteiger partial charge in [-0.2, -0.15) is 0 Å². The van der Waals surface area contributed by atoms with Gasteiger partial charge in [0.1, 0.15) is 9.84 Å². The van der Waals surface area contributed by atoms with E-state index in [1.807, 2.05) is 0 Å². The van der Waals surface area contributed by atoms with Crippen LogP contribution in [-0.4, -0.2) is 62.1 Å². The smallest absolute Gasteiger partial charge is 0.309 e. The number of aliphatic carboxylic acids is 1. The second kappa shape index (κ2) is 5.51. The predicted molar refractivity (Wildman–Crippen MR) is 77.1 cm³/mol. The molecule has 0 amide bonds. The molecule has 2 fully saturated rings. The van der Waals surface area contributed by atoms with Crippen molar-refractivity contribution in [3.8, 4) is 0 Å². The largest absolute Gasteiger partial charge is 0.481 e. The molecule has 0 atom stereocenters. The summed E-state index contributed by atoms with van der Waals surface area (Å²) in [6, 6.07) is 0. The van der Waals surface area contributed by atoms with Gasteiger partial charge in [-0.25, -0.2) is 21.1 Å². The average Bonchev–Trinajstić information content (AvgIpc) is 2.38. The molecule has 7 nitrogen and oxygen atoms in total. The molecule has 0 spiro atoms.